The Morgan fingerprint density at radius 3 is 2.77 bits per heavy atom. The zero-order valence-corrected chi connectivity index (χ0v) is 14.1. The maximum absolute atomic E-state index is 5.38. The maximum Gasteiger partial charge on any atom is 0.163 e. The van der Waals surface area contributed by atoms with E-state index in [0.717, 1.165) is 17.0 Å². The van der Waals surface area contributed by atoms with Crippen LogP contribution in [0, 0.1) is 6.92 Å². The largest absolute Gasteiger partial charge is 0.363 e. The number of anilines is 1. The smallest absolute Gasteiger partial charge is 0.163 e. The lowest BCUT2D eigenvalue weighted by Gasteiger charge is -2.07. The van der Waals surface area contributed by atoms with Crippen LogP contribution in [0.5, 0.6) is 0 Å². The molecule has 7 heteroatoms. The van der Waals surface area contributed by atoms with Gasteiger partial charge in [-0.25, -0.2) is 9.97 Å². The lowest BCUT2D eigenvalue weighted by atomic mass is 10.2. The van der Waals surface area contributed by atoms with Crippen LogP contribution in [0.1, 0.15) is 11.5 Å². The fraction of sp³-hybridized carbons (Fsp3) is 0.105. The highest BCUT2D eigenvalue weighted by Gasteiger charge is 2.09. The number of aromatic nitrogens is 5. The molecule has 4 aromatic rings. The number of hydrogen-bond acceptors (Lipinski definition) is 7. The molecule has 0 aliphatic carbocycles. The summed E-state index contributed by atoms with van der Waals surface area (Å²) in [5.41, 5.74) is 3.22. The van der Waals surface area contributed by atoms with Gasteiger partial charge in [0.2, 0.25) is 0 Å². The van der Waals surface area contributed by atoms with E-state index in [1.54, 1.807) is 18.6 Å². The summed E-state index contributed by atoms with van der Waals surface area (Å²) in [5, 5.41) is 7.31. The molecule has 0 fully saturated rings. The van der Waals surface area contributed by atoms with Crippen LogP contribution in [0.2, 0.25) is 0 Å². The van der Waals surface area contributed by atoms with Crippen molar-refractivity contribution in [1.82, 2.24) is 25.1 Å². The van der Waals surface area contributed by atoms with Gasteiger partial charge in [0.1, 0.15) is 11.5 Å². The summed E-state index contributed by atoms with van der Waals surface area (Å²) in [6.07, 6.45) is 5.20. The summed E-state index contributed by atoms with van der Waals surface area (Å²) >= 11 is 0. The molecule has 0 saturated heterocycles. The van der Waals surface area contributed by atoms with Crippen molar-refractivity contribution < 1.29 is 4.52 Å². The van der Waals surface area contributed by atoms with Gasteiger partial charge >= 0.3 is 0 Å². The molecule has 26 heavy (non-hydrogen) atoms. The number of pyridine rings is 2. The summed E-state index contributed by atoms with van der Waals surface area (Å²) in [6, 6.07) is 13.2. The van der Waals surface area contributed by atoms with Crippen molar-refractivity contribution >= 4 is 5.82 Å². The van der Waals surface area contributed by atoms with Gasteiger partial charge in [0.25, 0.3) is 0 Å². The lowest BCUT2D eigenvalue weighted by molar-refractivity contribution is 0.390. The van der Waals surface area contributed by atoms with E-state index in [1.165, 1.54) is 0 Å². The van der Waals surface area contributed by atoms with Crippen molar-refractivity contribution in [2.75, 3.05) is 5.32 Å². The third-order valence-corrected chi connectivity index (χ3v) is 3.70. The first kappa shape index (κ1) is 15.9. The van der Waals surface area contributed by atoms with Crippen LogP contribution in [0.15, 0.2) is 65.6 Å². The zero-order valence-electron chi connectivity index (χ0n) is 14.1. The molecule has 4 aromatic heterocycles. The second-order valence-electron chi connectivity index (χ2n) is 5.71. The van der Waals surface area contributed by atoms with Gasteiger partial charge in [0.15, 0.2) is 11.6 Å². The topological polar surface area (TPSA) is 89.6 Å². The Morgan fingerprint density at radius 1 is 1.00 bits per heavy atom. The fourth-order valence-electron chi connectivity index (χ4n) is 2.49. The Hall–Kier alpha value is -3.61. The van der Waals surface area contributed by atoms with Crippen LogP contribution in [0.25, 0.3) is 22.8 Å². The van der Waals surface area contributed by atoms with E-state index >= 15 is 0 Å². The van der Waals surface area contributed by atoms with Gasteiger partial charge in [-0.3, -0.25) is 9.97 Å². The van der Waals surface area contributed by atoms with Gasteiger partial charge in [-0.2, -0.15) is 0 Å². The molecule has 4 heterocycles. The highest BCUT2D eigenvalue weighted by molar-refractivity contribution is 5.56. The molecule has 128 valence electrons. The molecular formula is C19H16N6O. The van der Waals surface area contributed by atoms with Crippen LogP contribution >= 0.6 is 0 Å². The van der Waals surface area contributed by atoms with Gasteiger partial charge in [-0.05, 0) is 31.2 Å². The Kier molecular flexibility index (Phi) is 4.34. The normalized spacial score (nSPS) is 10.7. The molecule has 1 N–H and O–H groups in total. The van der Waals surface area contributed by atoms with E-state index in [2.05, 4.69) is 30.4 Å². The molecule has 0 aromatic carbocycles. The lowest BCUT2D eigenvalue weighted by Crippen LogP contribution is -2.03. The Bertz CT molecular complexity index is 1000. The van der Waals surface area contributed by atoms with E-state index in [4.69, 9.17) is 4.52 Å². The van der Waals surface area contributed by atoms with E-state index in [1.807, 2.05) is 49.4 Å². The van der Waals surface area contributed by atoms with Crippen LogP contribution in [0.4, 0.5) is 5.82 Å². The summed E-state index contributed by atoms with van der Waals surface area (Å²) < 4.78 is 5.38. The summed E-state index contributed by atoms with van der Waals surface area (Å²) in [5.74, 6) is 2.05. The Morgan fingerprint density at radius 2 is 1.96 bits per heavy atom. The van der Waals surface area contributed by atoms with Crippen molar-refractivity contribution in [1.29, 1.82) is 0 Å². The van der Waals surface area contributed by atoms with Crippen LogP contribution in [0.3, 0.4) is 0 Å². The average Bonchev–Trinajstić information content (AvgIpc) is 3.16. The minimum atomic E-state index is 0.461. The molecule has 7 nitrogen and oxygen atoms in total. The molecule has 0 radical (unpaired) electrons. The van der Waals surface area contributed by atoms with Gasteiger partial charge in [-0.1, -0.05) is 11.2 Å². The van der Waals surface area contributed by atoms with E-state index < -0.39 is 0 Å². The first-order valence-corrected chi connectivity index (χ1v) is 8.15. The third kappa shape index (κ3) is 3.56. The van der Waals surface area contributed by atoms with Gasteiger partial charge in [0.05, 0.1) is 12.2 Å². The molecule has 0 spiro atoms. The predicted octanol–water partition coefficient (Wildman–Crippen LogP) is 3.51. The number of aryl methyl sites for hydroxylation is 1. The quantitative estimate of drug-likeness (QED) is 0.592. The van der Waals surface area contributed by atoms with Crippen LogP contribution in [-0.4, -0.2) is 25.1 Å². The summed E-state index contributed by atoms with van der Waals surface area (Å²) in [6.45, 7) is 2.39. The molecule has 0 atom stereocenters. The third-order valence-electron chi connectivity index (χ3n) is 3.70. The SMILES string of the molecule is Cc1cc(NCc2cc(-c3ccccn3)no2)nc(-c2cccnc2)n1. The summed E-state index contributed by atoms with van der Waals surface area (Å²) in [4.78, 5) is 17.4. The van der Waals surface area contributed by atoms with Gasteiger partial charge < -0.3 is 9.84 Å². The first-order valence-electron chi connectivity index (χ1n) is 8.15. The Labute approximate surface area is 150 Å². The maximum atomic E-state index is 5.38. The second-order valence-corrected chi connectivity index (χ2v) is 5.71. The van der Waals surface area contributed by atoms with Crippen LogP contribution in [-0.2, 0) is 6.54 Å². The molecule has 0 unspecified atom stereocenters. The molecule has 4 rings (SSSR count). The number of nitrogens with one attached hydrogen (secondary N) is 1. The molecule has 0 bridgehead atoms. The minimum absolute atomic E-state index is 0.461. The standard InChI is InChI=1S/C19H16N6O/c1-13-9-18(24-19(23-13)14-5-4-7-20-11-14)22-12-15-10-17(25-26-15)16-6-2-3-8-21-16/h2-11H,12H2,1H3,(H,22,23,24). The molecular weight excluding hydrogens is 328 g/mol. The van der Waals surface area contributed by atoms with Crippen molar-refractivity contribution in [3.8, 4) is 22.8 Å². The fourth-order valence-corrected chi connectivity index (χ4v) is 2.49. The van der Waals surface area contributed by atoms with Crippen molar-refractivity contribution in [2.24, 2.45) is 0 Å². The minimum Gasteiger partial charge on any atom is -0.363 e. The highest BCUT2D eigenvalue weighted by atomic mass is 16.5. The van der Waals surface area contributed by atoms with Gasteiger partial charge in [0, 0.05) is 42.0 Å². The number of nitrogens with zero attached hydrogens (tertiary/aromatic N) is 5. The summed E-state index contributed by atoms with van der Waals surface area (Å²) in [7, 11) is 0. The molecule has 0 amide bonds. The second kappa shape index (κ2) is 7.10. The highest BCUT2D eigenvalue weighted by Crippen LogP contribution is 2.19. The molecule has 0 aliphatic rings. The monoisotopic (exact) mass is 344 g/mol. The molecule has 0 aliphatic heterocycles. The number of rotatable bonds is 5. The van der Waals surface area contributed by atoms with Crippen molar-refractivity contribution in [2.45, 2.75) is 13.5 Å². The van der Waals surface area contributed by atoms with Crippen LogP contribution < -0.4 is 5.32 Å². The average molecular weight is 344 g/mol. The number of hydrogen-bond donors (Lipinski definition) is 1. The van der Waals surface area contributed by atoms with Crippen molar-refractivity contribution in [3.63, 3.8) is 0 Å². The van der Waals surface area contributed by atoms with E-state index in [9.17, 15) is 0 Å². The van der Waals surface area contributed by atoms with E-state index in [0.29, 0.717) is 29.6 Å². The Balaban J connectivity index is 1.50. The molecule has 0 saturated carbocycles. The zero-order chi connectivity index (χ0) is 17.8. The predicted molar refractivity (Wildman–Crippen MR) is 97.1 cm³/mol. The van der Waals surface area contributed by atoms with E-state index in [-0.39, 0.29) is 0 Å². The van der Waals surface area contributed by atoms with Gasteiger partial charge in [-0.15, -0.1) is 0 Å². The van der Waals surface area contributed by atoms with Crippen molar-refractivity contribution in [3.05, 3.63) is 72.5 Å². The first-order chi connectivity index (χ1) is 12.8.